The van der Waals surface area contributed by atoms with E-state index < -0.39 is 87.9 Å². The maximum absolute atomic E-state index is 12.8. The topological polar surface area (TPSA) is 250 Å². The molecule has 1 fully saturated rings. The van der Waals surface area contributed by atoms with Crippen molar-refractivity contribution >= 4 is 19.8 Å². The minimum absolute atomic E-state index is 0.0909. The van der Waals surface area contributed by atoms with Crippen LogP contribution in [0.25, 0.3) is 0 Å². The summed E-state index contributed by atoms with van der Waals surface area (Å²) in [6, 6.07) is 0. The van der Waals surface area contributed by atoms with Gasteiger partial charge in [-0.15, -0.1) is 0 Å². The van der Waals surface area contributed by atoms with Crippen molar-refractivity contribution in [2.45, 2.75) is 184 Å². The highest BCUT2D eigenvalue weighted by atomic mass is 31.2. The van der Waals surface area contributed by atoms with E-state index in [9.17, 15) is 54.8 Å². The molecule has 0 spiro atoms. The van der Waals surface area contributed by atoms with E-state index in [1.807, 2.05) is 37.3 Å². The fourth-order valence-electron chi connectivity index (χ4n) is 6.19. The van der Waals surface area contributed by atoms with Crippen LogP contribution in [0.15, 0.2) is 85.1 Å². The smallest absolute Gasteiger partial charge is 0.462 e. The molecule has 16 heteroatoms. The van der Waals surface area contributed by atoms with E-state index in [2.05, 4.69) is 19.1 Å². The lowest BCUT2D eigenvalue weighted by Gasteiger charge is -2.41. The number of aliphatic hydroxyl groups is 7. The van der Waals surface area contributed by atoms with Gasteiger partial charge in [-0.2, -0.15) is 0 Å². The van der Waals surface area contributed by atoms with Crippen molar-refractivity contribution in [1.29, 1.82) is 0 Å². The molecule has 1 aliphatic carbocycles. The van der Waals surface area contributed by atoms with E-state index in [4.69, 9.17) is 18.5 Å². The number of carbonyl (C=O) groups is 2. The normalized spacial score (nSPS) is 23.5. The highest BCUT2D eigenvalue weighted by Gasteiger charge is 2.51. The first kappa shape index (κ1) is 58.0. The van der Waals surface area contributed by atoms with Gasteiger partial charge in [0.05, 0.1) is 18.8 Å². The van der Waals surface area contributed by atoms with Gasteiger partial charge in [-0.05, 0) is 64.2 Å². The Labute approximate surface area is 374 Å². The fraction of sp³-hybridized carbons (Fsp3) is 0.660. The van der Waals surface area contributed by atoms with Crippen LogP contribution in [-0.2, 0) is 32.7 Å². The quantitative estimate of drug-likeness (QED) is 0.0112. The van der Waals surface area contributed by atoms with E-state index >= 15 is 0 Å². The molecule has 360 valence electrons. The number of aliphatic hydroxyl groups excluding tert-OH is 7. The highest BCUT2D eigenvalue weighted by molar-refractivity contribution is 7.47. The van der Waals surface area contributed by atoms with E-state index in [1.165, 1.54) is 25.7 Å². The van der Waals surface area contributed by atoms with Gasteiger partial charge in [-0.1, -0.05) is 137 Å². The zero-order valence-corrected chi connectivity index (χ0v) is 38.2. The molecule has 1 saturated carbocycles. The predicted octanol–water partition coefficient (Wildman–Crippen LogP) is 6.44. The van der Waals surface area contributed by atoms with Crippen LogP contribution < -0.4 is 0 Å². The second kappa shape index (κ2) is 36.2. The molecule has 0 aromatic heterocycles. The van der Waals surface area contributed by atoms with Gasteiger partial charge in [-0.25, -0.2) is 4.57 Å². The molecule has 15 nitrogen and oxygen atoms in total. The maximum atomic E-state index is 12.8. The Balaban J connectivity index is 2.60. The van der Waals surface area contributed by atoms with Gasteiger partial charge >= 0.3 is 19.8 Å². The number of hydrogen-bond donors (Lipinski definition) is 8. The molecule has 0 aliphatic heterocycles. The van der Waals surface area contributed by atoms with Crippen LogP contribution >= 0.6 is 7.82 Å². The monoisotopic (exact) mass is 913 g/mol. The van der Waals surface area contributed by atoms with Crippen molar-refractivity contribution in [3.63, 3.8) is 0 Å². The molecule has 63 heavy (non-hydrogen) atoms. The van der Waals surface area contributed by atoms with Gasteiger partial charge in [0, 0.05) is 12.8 Å². The predicted molar refractivity (Wildman–Crippen MR) is 242 cm³/mol. The number of hydrogen-bond acceptors (Lipinski definition) is 14. The third-order valence-corrected chi connectivity index (χ3v) is 10.9. The van der Waals surface area contributed by atoms with Crippen molar-refractivity contribution in [2.24, 2.45) is 0 Å². The molecule has 0 amide bonds. The SMILES string of the molecule is CC/C=C\C[C@H](O)/C=C/C=C\C=C\[C@H](O)C/C=C\C/C=C\CCC(=O)O[C@H](COC(=O)CCCCCCC/C=C\CCCCCC)COP(=O)(O)OC1[C@H](O)[C@H](O)C(O)[C@H](O)[C@H]1O. The fourth-order valence-corrected chi connectivity index (χ4v) is 7.16. The third kappa shape index (κ3) is 29.2. The van der Waals surface area contributed by atoms with Crippen LogP contribution in [0.5, 0.6) is 0 Å². The van der Waals surface area contributed by atoms with E-state index in [-0.39, 0.29) is 19.3 Å². The third-order valence-electron chi connectivity index (χ3n) is 9.90. The molecule has 0 heterocycles. The summed E-state index contributed by atoms with van der Waals surface area (Å²) in [4.78, 5) is 35.6. The first-order chi connectivity index (χ1) is 30.2. The number of phosphoric ester groups is 1. The number of phosphoric acid groups is 1. The lowest BCUT2D eigenvalue weighted by molar-refractivity contribution is -0.220. The van der Waals surface area contributed by atoms with Gasteiger partial charge in [0.25, 0.3) is 0 Å². The molecular weight excluding hydrogens is 835 g/mol. The Hall–Kier alpha value is -3.05. The molecule has 8 N–H and O–H groups in total. The number of esters is 2. The summed E-state index contributed by atoms with van der Waals surface area (Å²) in [6.45, 7) is 2.92. The minimum atomic E-state index is -5.17. The van der Waals surface area contributed by atoms with Gasteiger partial charge < -0.3 is 50.1 Å². The lowest BCUT2D eigenvalue weighted by Crippen LogP contribution is -2.64. The minimum Gasteiger partial charge on any atom is -0.462 e. The number of allylic oxidation sites excluding steroid dienone is 10. The Morgan fingerprint density at radius 1 is 0.587 bits per heavy atom. The van der Waals surface area contributed by atoms with Crippen molar-refractivity contribution in [3.8, 4) is 0 Å². The number of rotatable bonds is 35. The zero-order valence-electron chi connectivity index (χ0n) is 37.3. The Morgan fingerprint density at radius 3 is 1.71 bits per heavy atom. The maximum Gasteiger partial charge on any atom is 0.472 e. The summed E-state index contributed by atoms with van der Waals surface area (Å²) in [5.74, 6) is -1.29. The van der Waals surface area contributed by atoms with Crippen LogP contribution in [0.3, 0.4) is 0 Å². The number of ether oxygens (including phenoxy) is 2. The van der Waals surface area contributed by atoms with Crippen LogP contribution in [0.2, 0.25) is 0 Å². The van der Waals surface area contributed by atoms with E-state index in [0.29, 0.717) is 25.7 Å². The van der Waals surface area contributed by atoms with Crippen LogP contribution in [-0.4, -0.2) is 121 Å². The van der Waals surface area contributed by atoms with Gasteiger partial charge in [0.15, 0.2) is 6.10 Å². The Kier molecular flexibility index (Phi) is 33.3. The summed E-state index contributed by atoms with van der Waals surface area (Å²) in [5.41, 5.74) is 0. The summed E-state index contributed by atoms with van der Waals surface area (Å²) in [6.07, 6.45) is 25.6. The summed E-state index contributed by atoms with van der Waals surface area (Å²) in [5, 5.41) is 70.1. The van der Waals surface area contributed by atoms with Crippen molar-refractivity contribution in [2.75, 3.05) is 13.2 Å². The van der Waals surface area contributed by atoms with Gasteiger partial charge in [0.1, 0.15) is 43.2 Å². The standard InChI is InChI=1S/C47H77O15P/c1-3-5-7-8-9-10-11-12-13-14-15-19-27-33-40(50)59-35-39(36-60-63(57,58)62-47-45(55)43(53)42(52)44(54)46(47)56)61-41(51)34-28-20-17-16-18-24-30-38(49)32-26-22-21-25-31-37(48)29-23-6-4-2/h6,10-11,17-18,20-26,31-32,37-39,42-49,52-56H,3-5,7-9,12-16,19,27-30,33-36H2,1-2H3,(H,57,58)/b11-10-,20-17-,22-21-,23-6-,24-18-,31-25+,32-26+/t37-,38+,39+,42?,43-,44+,45+,46+,47?/m0/s1. The molecule has 0 saturated heterocycles. The molecule has 3 unspecified atom stereocenters. The van der Waals surface area contributed by atoms with Gasteiger partial charge in [0.2, 0.25) is 0 Å². The second-order valence-corrected chi connectivity index (χ2v) is 17.0. The van der Waals surface area contributed by atoms with Crippen molar-refractivity contribution in [1.82, 2.24) is 0 Å². The zero-order chi connectivity index (χ0) is 46.7. The summed E-state index contributed by atoms with van der Waals surface area (Å²) >= 11 is 0. The Morgan fingerprint density at radius 2 is 1.11 bits per heavy atom. The van der Waals surface area contributed by atoms with Crippen molar-refractivity contribution in [3.05, 3.63) is 85.1 Å². The second-order valence-electron chi connectivity index (χ2n) is 15.6. The molecule has 1 rings (SSSR count). The molecule has 0 radical (unpaired) electrons. The number of carbonyl (C=O) groups excluding carboxylic acids is 2. The largest absolute Gasteiger partial charge is 0.472 e. The first-order valence-electron chi connectivity index (χ1n) is 22.6. The van der Waals surface area contributed by atoms with Crippen molar-refractivity contribution < 1.29 is 73.3 Å². The summed E-state index contributed by atoms with van der Waals surface area (Å²) in [7, 11) is -5.17. The average molecular weight is 913 g/mol. The van der Waals surface area contributed by atoms with Crippen LogP contribution in [0.4, 0.5) is 0 Å². The van der Waals surface area contributed by atoms with Crippen LogP contribution in [0, 0.1) is 0 Å². The molecule has 1 aliphatic rings. The van der Waals surface area contributed by atoms with E-state index in [1.54, 1.807) is 42.5 Å². The molecule has 0 bridgehead atoms. The first-order valence-corrected chi connectivity index (χ1v) is 24.1. The van der Waals surface area contributed by atoms with E-state index in [0.717, 1.165) is 44.9 Å². The molecule has 0 aromatic carbocycles. The lowest BCUT2D eigenvalue weighted by atomic mass is 9.85. The Bertz CT molecular complexity index is 1460. The highest BCUT2D eigenvalue weighted by Crippen LogP contribution is 2.47. The molecule has 10 atom stereocenters. The molecular formula is C47H77O15P. The number of unbranched alkanes of at least 4 members (excludes halogenated alkanes) is 9. The van der Waals surface area contributed by atoms with Crippen LogP contribution in [0.1, 0.15) is 129 Å². The van der Waals surface area contributed by atoms with Gasteiger partial charge in [-0.3, -0.25) is 18.6 Å². The average Bonchev–Trinajstić information content (AvgIpc) is 3.25. The molecule has 0 aromatic rings. The summed E-state index contributed by atoms with van der Waals surface area (Å²) < 4.78 is 33.3.